The lowest BCUT2D eigenvalue weighted by Crippen LogP contribution is -2.40. The van der Waals surface area contributed by atoms with Crippen molar-refractivity contribution >= 4 is 25.0 Å². The van der Waals surface area contributed by atoms with Gasteiger partial charge in [0.05, 0.1) is 18.9 Å². The van der Waals surface area contributed by atoms with Crippen molar-refractivity contribution in [2.24, 2.45) is 11.1 Å². The van der Waals surface area contributed by atoms with Crippen molar-refractivity contribution in [3.8, 4) is 0 Å². The smallest absolute Gasteiger partial charge is 0.225 e. The van der Waals surface area contributed by atoms with Crippen LogP contribution in [0.2, 0.25) is 0 Å². The Morgan fingerprint density at radius 3 is 2.50 bits per heavy atom. The Morgan fingerprint density at radius 2 is 1.88 bits per heavy atom. The zero-order valence-corrected chi connectivity index (χ0v) is 14.7. The molecule has 2 aliphatic heterocycles. The molecular formula is C16H25BN4O3. The summed E-state index contributed by atoms with van der Waals surface area (Å²) < 4.78 is 11.2. The normalized spacial score (nSPS) is 21.6. The quantitative estimate of drug-likeness (QED) is 0.576. The molecule has 2 saturated heterocycles. The van der Waals surface area contributed by atoms with E-state index < -0.39 is 5.79 Å². The van der Waals surface area contributed by atoms with E-state index in [-0.39, 0.29) is 5.92 Å². The predicted molar refractivity (Wildman–Crippen MR) is 94.5 cm³/mol. The van der Waals surface area contributed by atoms with Gasteiger partial charge in [0.25, 0.3) is 0 Å². The van der Waals surface area contributed by atoms with Crippen LogP contribution in [0.25, 0.3) is 0 Å². The summed E-state index contributed by atoms with van der Waals surface area (Å²) in [6.45, 7) is 7.42. The van der Waals surface area contributed by atoms with Crippen molar-refractivity contribution in [1.82, 2.24) is 9.97 Å². The second-order valence-electron chi connectivity index (χ2n) is 6.89. The van der Waals surface area contributed by atoms with Gasteiger partial charge in [-0.3, -0.25) is 0 Å². The highest BCUT2D eigenvalue weighted by Crippen LogP contribution is 2.20. The Kier molecular flexibility index (Phi) is 5.35. The van der Waals surface area contributed by atoms with Gasteiger partial charge in [0.15, 0.2) is 5.79 Å². The third kappa shape index (κ3) is 4.67. The summed E-state index contributed by atoms with van der Waals surface area (Å²) in [4.78, 5) is 16.5. The van der Waals surface area contributed by atoms with Gasteiger partial charge >= 0.3 is 0 Å². The second-order valence-corrected chi connectivity index (χ2v) is 6.89. The van der Waals surface area contributed by atoms with Gasteiger partial charge in [-0.15, -0.1) is 0 Å². The standard InChI is InChI=1S/C16H25BN4O3/c1-16(2)22-9-12(10-23-16)11-24-20-14-3-5-21(6-4-14)15-18-7-13(17)8-19-15/h7-8,12H,3-6,9-11,17H2,1-2H3. The predicted octanol–water partition coefficient (Wildman–Crippen LogP) is 0.107. The number of rotatable bonds is 4. The summed E-state index contributed by atoms with van der Waals surface area (Å²) in [6.07, 6.45) is 5.46. The Hall–Kier alpha value is -1.67. The van der Waals surface area contributed by atoms with Gasteiger partial charge in [-0.1, -0.05) is 10.6 Å². The number of nitrogens with zero attached hydrogens (tertiary/aromatic N) is 4. The van der Waals surface area contributed by atoms with Crippen LogP contribution in [-0.4, -0.2) is 62.2 Å². The molecule has 0 radical (unpaired) electrons. The molecule has 0 aromatic carbocycles. The molecule has 0 spiro atoms. The minimum absolute atomic E-state index is 0.239. The molecule has 0 N–H and O–H groups in total. The Morgan fingerprint density at radius 1 is 1.25 bits per heavy atom. The topological polar surface area (TPSA) is 69.1 Å². The summed E-state index contributed by atoms with van der Waals surface area (Å²) in [5, 5.41) is 4.29. The highest BCUT2D eigenvalue weighted by Gasteiger charge is 2.28. The summed E-state index contributed by atoms with van der Waals surface area (Å²) in [5.74, 6) is 0.552. The van der Waals surface area contributed by atoms with Crippen molar-refractivity contribution < 1.29 is 14.3 Å². The first-order valence-electron chi connectivity index (χ1n) is 8.51. The lowest BCUT2D eigenvalue weighted by Gasteiger charge is -2.34. The molecule has 24 heavy (non-hydrogen) atoms. The van der Waals surface area contributed by atoms with Crippen molar-refractivity contribution in [3.63, 3.8) is 0 Å². The molecule has 0 bridgehead atoms. The van der Waals surface area contributed by atoms with Crippen LogP contribution in [0.4, 0.5) is 5.95 Å². The Labute approximate surface area is 143 Å². The summed E-state index contributed by atoms with van der Waals surface area (Å²) in [7, 11) is 1.99. The van der Waals surface area contributed by atoms with Crippen LogP contribution in [0.5, 0.6) is 0 Å². The van der Waals surface area contributed by atoms with Crippen molar-refractivity contribution in [1.29, 1.82) is 0 Å². The number of anilines is 1. The molecule has 1 aromatic heterocycles. The van der Waals surface area contributed by atoms with E-state index in [1.54, 1.807) is 0 Å². The number of hydrogen-bond donors (Lipinski definition) is 0. The van der Waals surface area contributed by atoms with E-state index in [1.165, 1.54) is 0 Å². The zero-order chi connectivity index (χ0) is 17.0. The van der Waals surface area contributed by atoms with Gasteiger partial charge in [-0.25, -0.2) is 9.97 Å². The third-order valence-corrected chi connectivity index (χ3v) is 4.23. The minimum Gasteiger partial charge on any atom is -0.395 e. The lowest BCUT2D eigenvalue weighted by atomic mass is 10.0. The maximum Gasteiger partial charge on any atom is 0.225 e. The fraction of sp³-hybridized carbons (Fsp3) is 0.688. The molecule has 0 unspecified atom stereocenters. The Bertz CT molecular complexity index is 559. The molecule has 2 aliphatic rings. The average Bonchev–Trinajstić information content (AvgIpc) is 2.58. The molecule has 0 aliphatic carbocycles. The average molecular weight is 332 g/mol. The van der Waals surface area contributed by atoms with E-state index in [0.717, 1.165) is 43.1 Å². The van der Waals surface area contributed by atoms with Gasteiger partial charge < -0.3 is 19.2 Å². The molecule has 0 atom stereocenters. The van der Waals surface area contributed by atoms with Crippen LogP contribution in [-0.2, 0) is 14.3 Å². The summed E-state index contributed by atoms with van der Waals surface area (Å²) in [6, 6.07) is 0. The van der Waals surface area contributed by atoms with Crippen LogP contribution in [0.3, 0.4) is 0 Å². The molecular weight excluding hydrogens is 307 g/mol. The molecule has 7 nitrogen and oxygen atoms in total. The van der Waals surface area contributed by atoms with E-state index in [9.17, 15) is 0 Å². The molecule has 2 fully saturated rings. The molecule has 3 heterocycles. The molecule has 8 heteroatoms. The van der Waals surface area contributed by atoms with Gasteiger partial charge in [0.1, 0.15) is 14.5 Å². The monoisotopic (exact) mass is 332 g/mol. The van der Waals surface area contributed by atoms with E-state index in [2.05, 4.69) is 20.0 Å². The van der Waals surface area contributed by atoms with Crippen LogP contribution < -0.4 is 10.4 Å². The number of hydrogen-bond acceptors (Lipinski definition) is 7. The van der Waals surface area contributed by atoms with Gasteiger partial charge in [0, 0.05) is 44.2 Å². The molecule has 0 amide bonds. The number of ether oxygens (including phenoxy) is 2. The molecule has 1 aromatic rings. The first kappa shape index (κ1) is 17.2. The van der Waals surface area contributed by atoms with Crippen LogP contribution in [0, 0.1) is 5.92 Å². The Balaban J connectivity index is 1.40. The third-order valence-electron chi connectivity index (χ3n) is 4.23. The fourth-order valence-electron chi connectivity index (χ4n) is 2.66. The molecule has 130 valence electrons. The number of oxime groups is 1. The van der Waals surface area contributed by atoms with Crippen LogP contribution in [0.15, 0.2) is 17.5 Å². The summed E-state index contributed by atoms with van der Waals surface area (Å²) in [5.41, 5.74) is 2.17. The SMILES string of the molecule is Bc1cnc(N2CCC(=NOCC3COC(C)(C)OC3)CC2)nc1. The van der Waals surface area contributed by atoms with Gasteiger partial charge in [0.2, 0.25) is 5.95 Å². The fourth-order valence-corrected chi connectivity index (χ4v) is 2.66. The second kappa shape index (κ2) is 7.48. The first-order chi connectivity index (χ1) is 11.5. The largest absolute Gasteiger partial charge is 0.395 e. The van der Waals surface area contributed by atoms with Crippen molar-refractivity contribution in [2.75, 3.05) is 37.8 Å². The van der Waals surface area contributed by atoms with E-state index in [4.69, 9.17) is 14.3 Å². The maximum atomic E-state index is 5.62. The summed E-state index contributed by atoms with van der Waals surface area (Å²) >= 11 is 0. The van der Waals surface area contributed by atoms with Crippen molar-refractivity contribution in [2.45, 2.75) is 32.5 Å². The minimum atomic E-state index is -0.479. The number of aromatic nitrogens is 2. The van der Waals surface area contributed by atoms with Crippen LogP contribution >= 0.6 is 0 Å². The highest BCUT2D eigenvalue weighted by atomic mass is 16.7. The first-order valence-corrected chi connectivity index (χ1v) is 8.51. The highest BCUT2D eigenvalue weighted by molar-refractivity contribution is 6.31. The van der Waals surface area contributed by atoms with Gasteiger partial charge in [-0.05, 0) is 13.8 Å². The maximum absolute atomic E-state index is 5.62. The van der Waals surface area contributed by atoms with Crippen molar-refractivity contribution in [3.05, 3.63) is 12.4 Å². The molecule has 0 saturated carbocycles. The lowest BCUT2D eigenvalue weighted by molar-refractivity contribution is -0.266. The van der Waals surface area contributed by atoms with E-state index in [1.807, 2.05) is 34.1 Å². The molecule has 3 rings (SSSR count). The zero-order valence-electron chi connectivity index (χ0n) is 14.7. The van der Waals surface area contributed by atoms with Gasteiger partial charge in [-0.2, -0.15) is 0 Å². The van der Waals surface area contributed by atoms with Crippen LogP contribution in [0.1, 0.15) is 26.7 Å². The van der Waals surface area contributed by atoms with E-state index in [0.29, 0.717) is 19.8 Å². The number of piperidine rings is 1. The van der Waals surface area contributed by atoms with E-state index >= 15 is 0 Å².